The Labute approximate surface area is 117 Å². The highest BCUT2D eigenvalue weighted by molar-refractivity contribution is 9.10. The van der Waals surface area contributed by atoms with Crippen LogP contribution in [0.4, 0.5) is 4.39 Å². The minimum atomic E-state index is -0.425. The molecule has 0 aliphatic rings. The topological polar surface area (TPSA) is 21.3 Å². The van der Waals surface area contributed by atoms with E-state index in [0.29, 0.717) is 12.2 Å². The van der Waals surface area contributed by atoms with Gasteiger partial charge in [0.2, 0.25) is 0 Å². The predicted octanol–water partition coefficient (Wildman–Crippen LogP) is 4.05. The summed E-state index contributed by atoms with van der Waals surface area (Å²) < 4.78 is 20.7. The Morgan fingerprint density at radius 3 is 2.61 bits per heavy atom. The Balaban J connectivity index is 3.19. The quantitative estimate of drug-likeness (QED) is 0.854. The van der Waals surface area contributed by atoms with E-state index in [-0.39, 0.29) is 11.9 Å². The molecular formula is C14H21BrFNO. The fraction of sp³-hybridized carbons (Fsp3) is 0.571. The van der Waals surface area contributed by atoms with Crippen LogP contribution in [0.5, 0.6) is 0 Å². The molecule has 4 heteroatoms. The monoisotopic (exact) mass is 317 g/mol. The van der Waals surface area contributed by atoms with E-state index in [1.807, 2.05) is 27.0 Å². The molecule has 2 nitrogen and oxygen atoms in total. The third-order valence-corrected chi connectivity index (χ3v) is 3.84. The molecule has 0 aliphatic heterocycles. The highest BCUT2D eigenvalue weighted by Gasteiger charge is 2.35. The van der Waals surface area contributed by atoms with Crippen LogP contribution >= 0.6 is 15.9 Å². The highest BCUT2D eigenvalue weighted by atomic mass is 79.9. The number of hydrogen-bond donors (Lipinski definition) is 1. The summed E-state index contributed by atoms with van der Waals surface area (Å²) in [6.45, 7) is 6.63. The van der Waals surface area contributed by atoms with Gasteiger partial charge in [0, 0.05) is 16.6 Å². The van der Waals surface area contributed by atoms with Gasteiger partial charge >= 0.3 is 0 Å². The molecule has 1 aromatic carbocycles. The van der Waals surface area contributed by atoms with Gasteiger partial charge in [0.05, 0.1) is 11.6 Å². The SMILES string of the molecule is CCOC(C)(CC)C(NC)c1cc(Br)ccc1F. The Morgan fingerprint density at radius 2 is 2.11 bits per heavy atom. The van der Waals surface area contributed by atoms with Gasteiger partial charge in [-0.25, -0.2) is 4.39 Å². The Hall–Kier alpha value is -0.450. The number of hydrogen-bond acceptors (Lipinski definition) is 2. The number of rotatable bonds is 6. The number of halogens is 2. The van der Waals surface area contributed by atoms with Gasteiger partial charge in [-0.1, -0.05) is 22.9 Å². The van der Waals surface area contributed by atoms with Gasteiger partial charge in [-0.2, -0.15) is 0 Å². The fourth-order valence-electron chi connectivity index (χ4n) is 2.24. The lowest BCUT2D eigenvalue weighted by molar-refractivity contribution is -0.0554. The summed E-state index contributed by atoms with van der Waals surface area (Å²) in [6, 6.07) is 4.81. The first-order chi connectivity index (χ1) is 8.48. The van der Waals surface area contributed by atoms with E-state index in [1.165, 1.54) is 6.07 Å². The zero-order valence-electron chi connectivity index (χ0n) is 11.4. The first-order valence-corrected chi connectivity index (χ1v) is 7.04. The molecule has 2 atom stereocenters. The van der Waals surface area contributed by atoms with Crippen LogP contribution in [0.3, 0.4) is 0 Å². The van der Waals surface area contributed by atoms with E-state index < -0.39 is 5.60 Å². The molecule has 0 fully saturated rings. The molecule has 0 bridgehead atoms. The summed E-state index contributed by atoms with van der Waals surface area (Å²) in [7, 11) is 1.83. The number of likely N-dealkylation sites (N-methyl/N-ethyl adjacent to an activating group) is 1. The van der Waals surface area contributed by atoms with Crippen LogP contribution in [0.15, 0.2) is 22.7 Å². The van der Waals surface area contributed by atoms with Crippen molar-refractivity contribution in [1.29, 1.82) is 0 Å². The lowest BCUT2D eigenvalue weighted by atomic mass is 9.87. The lowest BCUT2D eigenvalue weighted by Crippen LogP contribution is -2.42. The molecule has 0 radical (unpaired) electrons. The van der Waals surface area contributed by atoms with Gasteiger partial charge in [-0.3, -0.25) is 0 Å². The van der Waals surface area contributed by atoms with Crippen molar-refractivity contribution in [3.63, 3.8) is 0 Å². The molecule has 0 saturated carbocycles. The van der Waals surface area contributed by atoms with Crippen LogP contribution < -0.4 is 5.32 Å². The summed E-state index contributed by atoms with van der Waals surface area (Å²) in [5.74, 6) is -0.211. The highest BCUT2D eigenvalue weighted by Crippen LogP contribution is 2.34. The molecule has 0 spiro atoms. The van der Waals surface area contributed by atoms with Gasteiger partial charge < -0.3 is 10.1 Å². The van der Waals surface area contributed by atoms with Crippen molar-refractivity contribution in [2.75, 3.05) is 13.7 Å². The van der Waals surface area contributed by atoms with E-state index in [9.17, 15) is 4.39 Å². The number of ether oxygens (including phenoxy) is 1. The second kappa shape index (κ2) is 6.64. The molecular weight excluding hydrogens is 297 g/mol. The summed E-state index contributed by atoms with van der Waals surface area (Å²) in [5, 5.41) is 3.18. The average molecular weight is 318 g/mol. The molecule has 0 aliphatic carbocycles. The maximum atomic E-state index is 14.0. The molecule has 0 amide bonds. The Morgan fingerprint density at radius 1 is 1.44 bits per heavy atom. The van der Waals surface area contributed by atoms with Crippen molar-refractivity contribution >= 4 is 15.9 Å². The number of nitrogens with one attached hydrogen (secondary N) is 1. The van der Waals surface area contributed by atoms with E-state index in [4.69, 9.17) is 4.74 Å². The summed E-state index contributed by atoms with van der Waals surface area (Å²) >= 11 is 3.39. The molecule has 18 heavy (non-hydrogen) atoms. The van der Waals surface area contributed by atoms with Crippen LogP contribution in [-0.4, -0.2) is 19.3 Å². The minimum absolute atomic E-state index is 0.181. The first kappa shape index (κ1) is 15.6. The Kier molecular flexibility index (Phi) is 5.76. The maximum Gasteiger partial charge on any atom is 0.128 e. The summed E-state index contributed by atoms with van der Waals surface area (Å²) in [6.07, 6.45) is 0.804. The molecule has 1 aromatic rings. The van der Waals surface area contributed by atoms with E-state index in [0.717, 1.165) is 10.9 Å². The fourth-order valence-corrected chi connectivity index (χ4v) is 2.62. The first-order valence-electron chi connectivity index (χ1n) is 6.24. The second-order valence-corrected chi connectivity index (χ2v) is 5.40. The zero-order valence-corrected chi connectivity index (χ0v) is 13.0. The molecule has 2 unspecified atom stereocenters. The lowest BCUT2D eigenvalue weighted by Gasteiger charge is -2.37. The van der Waals surface area contributed by atoms with Gasteiger partial charge in [-0.15, -0.1) is 0 Å². The van der Waals surface area contributed by atoms with Crippen LogP contribution in [0, 0.1) is 5.82 Å². The van der Waals surface area contributed by atoms with Crippen molar-refractivity contribution < 1.29 is 9.13 Å². The zero-order chi connectivity index (χ0) is 13.8. The largest absolute Gasteiger partial charge is 0.374 e. The summed E-state index contributed by atoms with van der Waals surface area (Å²) in [4.78, 5) is 0. The van der Waals surface area contributed by atoms with Crippen LogP contribution in [0.25, 0.3) is 0 Å². The van der Waals surface area contributed by atoms with Gasteiger partial charge in [0.1, 0.15) is 5.82 Å². The summed E-state index contributed by atoms with van der Waals surface area (Å²) in [5.41, 5.74) is 0.204. The van der Waals surface area contributed by atoms with Crippen LogP contribution in [0.2, 0.25) is 0 Å². The predicted molar refractivity (Wildman–Crippen MR) is 76.2 cm³/mol. The molecule has 1 N–H and O–H groups in total. The van der Waals surface area contributed by atoms with Crippen molar-refractivity contribution in [3.05, 3.63) is 34.1 Å². The van der Waals surface area contributed by atoms with Crippen molar-refractivity contribution in [3.8, 4) is 0 Å². The molecule has 0 aromatic heterocycles. The average Bonchev–Trinajstić information content (AvgIpc) is 2.34. The van der Waals surface area contributed by atoms with Crippen molar-refractivity contribution in [2.24, 2.45) is 0 Å². The second-order valence-electron chi connectivity index (χ2n) is 4.49. The standard InChI is InChI=1S/C14H21BrFNO/c1-5-14(3,18-6-2)13(17-4)11-9-10(15)7-8-12(11)16/h7-9,13,17H,5-6H2,1-4H3. The molecule has 102 valence electrons. The third kappa shape index (κ3) is 3.31. The van der Waals surface area contributed by atoms with Crippen LogP contribution in [-0.2, 0) is 4.74 Å². The molecule has 0 saturated heterocycles. The van der Waals surface area contributed by atoms with Gasteiger partial charge in [-0.05, 0) is 45.5 Å². The molecule has 1 rings (SSSR count). The molecule has 0 heterocycles. The van der Waals surface area contributed by atoms with E-state index in [1.54, 1.807) is 6.07 Å². The normalized spacial score (nSPS) is 16.3. The third-order valence-electron chi connectivity index (χ3n) is 3.34. The van der Waals surface area contributed by atoms with E-state index in [2.05, 4.69) is 28.2 Å². The Bertz CT molecular complexity index is 399. The van der Waals surface area contributed by atoms with E-state index >= 15 is 0 Å². The van der Waals surface area contributed by atoms with Crippen molar-refractivity contribution in [1.82, 2.24) is 5.32 Å². The smallest absolute Gasteiger partial charge is 0.128 e. The number of benzene rings is 1. The minimum Gasteiger partial charge on any atom is -0.374 e. The van der Waals surface area contributed by atoms with Gasteiger partial charge in [0.15, 0.2) is 0 Å². The van der Waals surface area contributed by atoms with Gasteiger partial charge in [0.25, 0.3) is 0 Å². The maximum absolute atomic E-state index is 14.0. The van der Waals surface area contributed by atoms with Crippen LogP contribution in [0.1, 0.15) is 38.8 Å². The van der Waals surface area contributed by atoms with Crippen molar-refractivity contribution in [2.45, 2.75) is 38.8 Å².